The van der Waals surface area contributed by atoms with Crippen molar-refractivity contribution in [2.75, 3.05) is 13.7 Å². The van der Waals surface area contributed by atoms with Crippen LogP contribution in [-0.2, 0) is 14.9 Å². The zero-order valence-electron chi connectivity index (χ0n) is 20.5. The Morgan fingerprint density at radius 2 is 1.74 bits per heavy atom. The Hall–Kier alpha value is -4.34. The van der Waals surface area contributed by atoms with Crippen molar-refractivity contribution in [2.45, 2.75) is 37.2 Å². The molecule has 3 atom stereocenters. The molecule has 0 aliphatic carbocycles. The lowest BCUT2D eigenvalue weighted by Crippen LogP contribution is -2.46. The van der Waals surface area contributed by atoms with E-state index in [4.69, 9.17) is 14.2 Å². The third-order valence-electron chi connectivity index (χ3n) is 7.11. The molecule has 0 spiro atoms. The highest BCUT2D eigenvalue weighted by Gasteiger charge is 2.49. The molecule has 3 heterocycles. The molecule has 0 fully saturated rings. The van der Waals surface area contributed by atoms with E-state index in [1.807, 2.05) is 30.3 Å². The molecule has 196 valence electrons. The molecule has 3 aromatic rings. The summed E-state index contributed by atoms with van der Waals surface area (Å²) in [6.45, 7) is 1.71. The van der Waals surface area contributed by atoms with E-state index in [9.17, 15) is 18.4 Å². The van der Waals surface area contributed by atoms with Gasteiger partial charge in [-0.25, -0.2) is 4.79 Å². The van der Waals surface area contributed by atoms with Crippen LogP contribution in [0.5, 0.6) is 23.0 Å². The van der Waals surface area contributed by atoms with Gasteiger partial charge in [-0.2, -0.15) is 0 Å². The molecule has 1 N–H and O–H groups in total. The first-order chi connectivity index (χ1) is 18.2. The van der Waals surface area contributed by atoms with E-state index in [1.165, 1.54) is 19.2 Å². The first-order valence-corrected chi connectivity index (χ1v) is 12.0. The number of fused-ring (bicyclic) bond motifs is 3. The summed E-state index contributed by atoms with van der Waals surface area (Å²) in [4.78, 5) is 25.8. The van der Waals surface area contributed by atoms with Gasteiger partial charge in [0.2, 0.25) is 5.91 Å². The molecule has 3 aliphatic rings. The van der Waals surface area contributed by atoms with Gasteiger partial charge < -0.3 is 29.0 Å². The number of methoxy groups -OCH3 is 1. The van der Waals surface area contributed by atoms with Crippen molar-refractivity contribution in [3.05, 3.63) is 82.9 Å². The van der Waals surface area contributed by atoms with Gasteiger partial charge in [0.25, 0.3) is 0 Å². The van der Waals surface area contributed by atoms with E-state index in [2.05, 4.69) is 14.8 Å². The van der Waals surface area contributed by atoms with Gasteiger partial charge in [-0.1, -0.05) is 30.3 Å². The summed E-state index contributed by atoms with van der Waals surface area (Å²) in [6.07, 6.45) is -3.83. The molecule has 10 heteroatoms. The molecule has 3 aliphatic heterocycles. The highest BCUT2D eigenvalue weighted by Crippen LogP contribution is 2.50. The Bertz CT molecular complexity index is 1460. The van der Waals surface area contributed by atoms with Crippen LogP contribution in [0.3, 0.4) is 0 Å². The summed E-state index contributed by atoms with van der Waals surface area (Å²) >= 11 is 0. The van der Waals surface area contributed by atoms with E-state index in [1.54, 1.807) is 25.1 Å². The number of halogens is 2. The Balaban J connectivity index is 1.29. The normalized spacial score (nSPS) is 23.9. The van der Waals surface area contributed by atoms with Crippen molar-refractivity contribution in [1.29, 1.82) is 0 Å². The molecular formula is C28H23F2NO7. The largest absolute Gasteiger partial charge is 0.586 e. The second kappa shape index (κ2) is 8.61. The fraction of sp³-hybridized carbons (Fsp3) is 0.286. The average molecular weight is 523 g/mol. The number of alkyl halides is 2. The van der Waals surface area contributed by atoms with E-state index in [-0.39, 0.29) is 29.8 Å². The summed E-state index contributed by atoms with van der Waals surface area (Å²) in [5.41, 5.74) is 1.21. The van der Waals surface area contributed by atoms with Crippen LogP contribution in [-0.4, -0.2) is 31.9 Å². The second-order valence-electron chi connectivity index (χ2n) is 9.61. The number of para-hydroxylation sites is 1. The van der Waals surface area contributed by atoms with Gasteiger partial charge >= 0.3 is 12.3 Å². The van der Waals surface area contributed by atoms with Gasteiger partial charge in [0.15, 0.2) is 11.5 Å². The first kappa shape index (κ1) is 24.0. The number of rotatable bonds is 4. The Morgan fingerprint density at radius 1 is 0.974 bits per heavy atom. The predicted molar refractivity (Wildman–Crippen MR) is 129 cm³/mol. The summed E-state index contributed by atoms with van der Waals surface area (Å²) in [7, 11) is 1.32. The number of nitrogens with one attached hydrogen (secondary N) is 1. The monoisotopic (exact) mass is 523 g/mol. The van der Waals surface area contributed by atoms with Crippen molar-refractivity contribution in [1.82, 2.24) is 5.32 Å². The Labute approximate surface area is 216 Å². The van der Waals surface area contributed by atoms with Gasteiger partial charge in [0.1, 0.15) is 29.6 Å². The van der Waals surface area contributed by atoms with Crippen LogP contribution in [0.2, 0.25) is 0 Å². The molecule has 0 radical (unpaired) electrons. The fourth-order valence-corrected chi connectivity index (χ4v) is 5.08. The number of hydrogen-bond donors (Lipinski definition) is 1. The van der Waals surface area contributed by atoms with Crippen molar-refractivity contribution < 1.29 is 42.1 Å². The number of amides is 1. The minimum Gasteiger partial charge on any atom is -0.492 e. The molecule has 0 saturated heterocycles. The predicted octanol–water partition coefficient (Wildman–Crippen LogP) is 4.83. The zero-order chi connectivity index (χ0) is 26.7. The maximum Gasteiger partial charge on any atom is 0.586 e. The quantitative estimate of drug-likeness (QED) is 0.490. The lowest BCUT2D eigenvalue weighted by molar-refractivity contribution is -0.286. The van der Waals surface area contributed by atoms with Crippen molar-refractivity contribution in [3.8, 4) is 23.0 Å². The Kier molecular flexibility index (Phi) is 5.44. The number of hydrogen-bond acceptors (Lipinski definition) is 7. The van der Waals surface area contributed by atoms with Gasteiger partial charge in [-0.3, -0.25) is 4.79 Å². The summed E-state index contributed by atoms with van der Waals surface area (Å²) < 4.78 is 53.1. The van der Waals surface area contributed by atoms with Crippen molar-refractivity contribution in [2.24, 2.45) is 0 Å². The maximum atomic E-state index is 13.7. The minimum absolute atomic E-state index is 0.0168. The maximum absolute atomic E-state index is 13.7. The number of carbonyl (C=O) groups is 2. The lowest BCUT2D eigenvalue weighted by atomic mass is 9.82. The van der Waals surface area contributed by atoms with Gasteiger partial charge in [0, 0.05) is 23.6 Å². The molecule has 0 saturated carbocycles. The SMILES string of the molecule is COC(=O)c1cccc([C@H]2C[C@@H](NC(=O)[C@@]3(C)COc4cc5c(cc43)OC(F)(F)O5)c3ccccc3O2)c1. The summed E-state index contributed by atoms with van der Waals surface area (Å²) in [5.74, 6) is -0.206. The van der Waals surface area contributed by atoms with Gasteiger partial charge in [0.05, 0.1) is 18.7 Å². The molecule has 0 unspecified atom stereocenters. The third-order valence-corrected chi connectivity index (χ3v) is 7.11. The standard InChI is InChI=1S/C28H23F2NO7/c1-27(14-35-22-13-24-23(11-18(22)27)37-28(29,30)38-24)26(33)31-19-12-21(36-20-9-4-3-8-17(19)20)15-6-5-7-16(10-15)25(32)34-2/h3-11,13,19,21H,12,14H2,1-2H3,(H,31,33)/t19-,21-,27+/m1/s1. The molecule has 1 amide bonds. The van der Waals surface area contributed by atoms with Crippen LogP contribution in [0.25, 0.3) is 0 Å². The highest BCUT2D eigenvalue weighted by atomic mass is 19.3. The van der Waals surface area contributed by atoms with Gasteiger partial charge in [-0.15, -0.1) is 8.78 Å². The number of ether oxygens (including phenoxy) is 5. The summed E-state index contributed by atoms with van der Waals surface area (Å²) in [5, 5.41) is 3.12. The third kappa shape index (κ3) is 3.96. The van der Waals surface area contributed by atoms with Gasteiger partial charge in [-0.05, 0) is 36.8 Å². The summed E-state index contributed by atoms with van der Waals surface area (Å²) in [6, 6.07) is 16.6. The number of carbonyl (C=O) groups excluding carboxylic acids is 2. The van der Waals surface area contributed by atoms with Crippen LogP contribution in [0.4, 0.5) is 8.78 Å². The van der Waals surface area contributed by atoms with E-state index >= 15 is 0 Å². The van der Waals surface area contributed by atoms with Crippen LogP contribution >= 0.6 is 0 Å². The molecule has 6 rings (SSSR count). The molecule has 38 heavy (non-hydrogen) atoms. The lowest BCUT2D eigenvalue weighted by Gasteiger charge is -2.34. The zero-order valence-corrected chi connectivity index (χ0v) is 20.5. The highest BCUT2D eigenvalue weighted by molar-refractivity contribution is 5.91. The van der Waals surface area contributed by atoms with Crippen molar-refractivity contribution in [3.63, 3.8) is 0 Å². The molecule has 0 bridgehead atoms. The average Bonchev–Trinajstić information content (AvgIpc) is 3.41. The minimum atomic E-state index is -3.78. The first-order valence-electron chi connectivity index (χ1n) is 12.0. The second-order valence-corrected chi connectivity index (χ2v) is 9.61. The van der Waals surface area contributed by atoms with Crippen molar-refractivity contribution >= 4 is 11.9 Å². The van der Waals surface area contributed by atoms with E-state index in [0.29, 0.717) is 23.3 Å². The molecule has 8 nitrogen and oxygen atoms in total. The van der Waals surface area contributed by atoms with Crippen LogP contribution < -0.4 is 24.3 Å². The number of esters is 1. The molecule has 0 aromatic heterocycles. The van der Waals surface area contributed by atoms with Crippen LogP contribution in [0, 0.1) is 0 Å². The van der Waals surface area contributed by atoms with E-state index < -0.39 is 29.8 Å². The van der Waals surface area contributed by atoms with Crippen LogP contribution in [0.15, 0.2) is 60.7 Å². The topological polar surface area (TPSA) is 92.3 Å². The smallest absolute Gasteiger partial charge is 0.492 e. The van der Waals surface area contributed by atoms with Crippen LogP contribution in [0.1, 0.15) is 52.5 Å². The van der Waals surface area contributed by atoms with E-state index in [0.717, 1.165) is 11.1 Å². The number of benzene rings is 3. The molecular weight excluding hydrogens is 500 g/mol. The fourth-order valence-electron chi connectivity index (χ4n) is 5.08. The Morgan fingerprint density at radius 3 is 2.53 bits per heavy atom. The molecule has 3 aromatic carbocycles.